The van der Waals surface area contributed by atoms with E-state index in [1.165, 1.54) is 0 Å². The van der Waals surface area contributed by atoms with Crippen LogP contribution in [0.4, 0.5) is 0 Å². The first kappa shape index (κ1) is 15.7. The molecule has 1 saturated heterocycles. The molecular formula is C16H20N2O5. The van der Waals surface area contributed by atoms with Gasteiger partial charge in [-0.15, -0.1) is 0 Å². The Hall–Kier alpha value is -2.15. The summed E-state index contributed by atoms with van der Waals surface area (Å²) in [6.45, 7) is 1.74. The van der Waals surface area contributed by atoms with Gasteiger partial charge in [0.25, 0.3) is 0 Å². The molecule has 2 aliphatic rings. The van der Waals surface area contributed by atoms with Crippen LogP contribution < -0.4 is 10.1 Å². The number of hydrogen-bond acceptors (Lipinski definition) is 5. The molecule has 2 fully saturated rings. The van der Waals surface area contributed by atoms with Crippen LogP contribution in [0.15, 0.2) is 18.3 Å². The van der Waals surface area contributed by atoms with Gasteiger partial charge in [-0.1, -0.05) is 0 Å². The van der Waals surface area contributed by atoms with Gasteiger partial charge in [-0.25, -0.2) is 4.98 Å². The smallest absolute Gasteiger partial charge is 0.307 e. The highest BCUT2D eigenvalue weighted by Gasteiger charge is 2.48. The van der Waals surface area contributed by atoms with Crippen LogP contribution in [-0.4, -0.2) is 41.3 Å². The first-order valence-corrected chi connectivity index (χ1v) is 7.83. The summed E-state index contributed by atoms with van der Waals surface area (Å²) < 4.78 is 11.1. The van der Waals surface area contributed by atoms with Crippen molar-refractivity contribution in [3.8, 4) is 5.88 Å². The van der Waals surface area contributed by atoms with E-state index in [2.05, 4.69) is 10.3 Å². The minimum absolute atomic E-state index is 0.115. The number of nitrogens with one attached hydrogen (secondary N) is 1. The van der Waals surface area contributed by atoms with E-state index in [4.69, 9.17) is 14.6 Å². The highest BCUT2D eigenvalue weighted by atomic mass is 16.5. The molecule has 0 radical (unpaired) electrons. The highest BCUT2D eigenvalue weighted by molar-refractivity contribution is 5.89. The van der Waals surface area contributed by atoms with Gasteiger partial charge in [0.2, 0.25) is 11.8 Å². The zero-order valence-electron chi connectivity index (χ0n) is 12.7. The van der Waals surface area contributed by atoms with Gasteiger partial charge in [-0.2, -0.15) is 0 Å². The summed E-state index contributed by atoms with van der Waals surface area (Å²) in [5.41, 5.74) is 0.878. The number of rotatable bonds is 6. The molecule has 7 heteroatoms. The van der Waals surface area contributed by atoms with Gasteiger partial charge in [-0.05, 0) is 18.1 Å². The maximum absolute atomic E-state index is 11.9. The van der Waals surface area contributed by atoms with Crippen LogP contribution in [0.1, 0.15) is 24.8 Å². The standard InChI is InChI=1S/C16H20N2O5/c19-15(12-8-13(12)16(20)21)18-9-10-1-4-17-14(7-10)23-11-2-5-22-6-3-11/h1,4,7,11-13H,2-3,5-6,8-9H2,(H,18,19)(H,20,21). The summed E-state index contributed by atoms with van der Waals surface area (Å²) in [6, 6.07) is 3.61. The van der Waals surface area contributed by atoms with Crippen molar-refractivity contribution in [2.24, 2.45) is 11.8 Å². The van der Waals surface area contributed by atoms with Crippen LogP contribution in [0, 0.1) is 11.8 Å². The van der Waals surface area contributed by atoms with E-state index in [1.54, 1.807) is 18.3 Å². The van der Waals surface area contributed by atoms with Gasteiger partial charge in [0, 0.05) is 31.6 Å². The van der Waals surface area contributed by atoms with Crippen LogP contribution >= 0.6 is 0 Å². The second-order valence-electron chi connectivity index (χ2n) is 5.94. The molecule has 0 bridgehead atoms. The molecule has 1 saturated carbocycles. The van der Waals surface area contributed by atoms with Crippen molar-refractivity contribution in [1.29, 1.82) is 0 Å². The Bertz CT molecular complexity index is 586. The second kappa shape index (κ2) is 6.95. The Labute approximate surface area is 134 Å². The Morgan fingerprint density at radius 1 is 1.35 bits per heavy atom. The number of hydrogen-bond donors (Lipinski definition) is 2. The number of aliphatic carboxylic acids is 1. The zero-order valence-corrected chi connectivity index (χ0v) is 12.7. The molecule has 1 aliphatic carbocycles. The lowest BCUT2D eigenvalue weighted by atomic mass is 10.1. The Morgan fingerprint density at radius 3 is 2.83 bits per heavy atom. The summed E-state index contributed by atoms with van der Waals surface area (Å²) in [5, 5.41) is 11.6. The van der Waals surface area contributed by atoms with E-state index in [-0.39, 0.29) is 12.0 Å². The van der Waals surface area contributed by atoms with E-state index in [0.717, 1.165) is 18.4 Å². The number of carbonyl (C=O) groups excluding carboxylic acids is 1. The third kappa shape index (κ3) is 4.19. The molecule has 1 aromatic rings. The average molecular weight is 320 g/mol. The van der Waals surface area contributed by atoms with Gasteiger partial charge in [0.15, 0.2) is 0 Å². The molecule has 7 nitrogen and oxygen atoms in total. The molecule has 3 rings (SSSR count). The number of carboxylic acid groups (broad SMARTS) is 1. The molecule has 0 aromatic carbocycles. The first-order valence-electron chi connectivity index (χ1n) is 7.83. The minimum Gasteiger partial charge on any atom is -0.481 e. The number of aromatic nitrogens is 1. The summed E-state index contributed by atoms with van der Waals surface area (Å²) in [4.78, 5) is 26.8. The van der Waals surface area contributed by atoms with E-state index in [1.807, 2.05) is 0 Å². The van der Waals surface area contributed by atoms with Gasteiger partial charge >= 0.3 is 5.97 Å². The van der Waals surface area contributed by atoms with Crippen molar-refractivity contribution in [1.82, 2.24) is 10.3 Å². The van der Waals surface area contributed by atoms with Crippen LogP contribution in [0.2, 0.25) is 0 Å². The number of amides is 1. The van der Waals surface area contributed by atoms with E-state index >= 15 is 0 Å². The summed E-state index contributed by atoms with van der Waals surface area (Å²) in [6.07, 6.45) is 3.88. The fourth-order valence-electron chi connectivity index (χ4n) is 2.67. The molecule has 1 aromatic heterocycles. The normalized spacial score (nSPS) is 24.0. The Kier molecular flexibility index (Phi) is 4.76. The Morgan fingerprint density at radius 2 is 2.13 bits per heavy atom. The number of pyridine rings is 1. The van der Waals surface area contributed by atoms with Crippen molar-refractivity contribution in [2.45, 2.75) is 31.9 Å². The van der Waals surface area contributed by atoms with E-state index in [0.29, 0.717) is 32.1 Å². The van der Waals surface area contributed by atoms with Gasteiger partial charge in [-0.3, -0.25) is 9.59 Å². The quantitative estimate of drug-likeness (QED) is 0.811. The fourth-order valence-corrected chi connectivity index (χ4v) is 2.67. The number of carboxylic acids is 1. The number of carbonyl (C=O) groups is 2. The fraction of sp³-hybridized carbons (Fsp3) is 0.562. The molecule has 2 heterocycles. The predicted octanol–water partition coefficient (Wildman–Crippen LogP) is 0.976. The third-order valence-electron chi connectivity index (χ3n) is 4.17. The largest absolute Gasteiger partial charge is 0.481 e. The van der Waals surface area contributed by atoms with E-state index in [9.17, 15) is 9.59 Å². The predicted molar refractivity (Wildman–Crippen MR) is 79.8 cm³/mol. The topological polar surface area (TPSA) is 97.8 Å². The second-order valence-corrected chi connectivity index (χ2v) is 5.94. The summed E-state index contributed by atoms with van der Waals surface area (Å²) >= 11 is 0. The van der Waals surface area contributed by atoms with Crippen LogP contribution in [0.25, 0.3) is 0 Å². The SMILES string of the molecule is O=C(O)C1CC1C(=O)NCc1ccnc(OC2CCOCC2)c1. The lowest BCUT2D eigenvalue weighted by Gasteiger charge is -2.22. The van der Waals surface area contributed by atoms with Crippen molar-refractivity contribution < 1.29 is 24.2 Å². The lowest BCUT2D eigenvalue weighted by Crippen LogP contribution is -2.27. The zero-order chi connectivity index (χ0) is 16.2. The van der Waals surface area contributed by atoms with Crippen LogP contribution in [0.3, 0.4) is 0 Å². The third-order valence-corrected chi connectivity index (χ3v) is 4.17. The van der Waals surface area contributed by atoms with Crippen LogP contribution in [-0.2, 0) is 20.9 Å². The summed E-state index contributed by atoms with van der Waals surface area (Å²) in [7, 11) is 0. The molecule has 1 amide bonds. The van der Waals surface area contributed by atoms with Crippen molar-refractivity contribution >= 4 is 11.9 Å². The van der Waals surface area contributed by atoms with Crippen molar-refractivity contribution in [3.05, 3.63) is 23.9 Å². The van der Waals surface area contributed by atoms with Gasteiger partial charge < -0.3 is 19.9 Å². The highest BCUT2D eigenvalue weighted by Crippen LogP contribution is 2.38. The first-order chi connectivity index (χ1) is 11.1. The molecule has 0 spiro atoms. The van der Waals surface area contributed by atoms with Gasteiger partial charge in [0.05, 0.1) is 25.0 Å². The molecule has 2 N–H and O–H groups in total. The molecule has 23 heavy (non-hydrogen) atoms. The van der Waals surface area contributed by atoms with E-state index < -0.39 is 17.8 Å². The minimum atomic E-state index is -0.902. The monoisotopic (exact) mass is 320 g/mol. The number of nitrogens with zero attached hydrogens (tertiary/aromatic N) is 1. The maximum atomic E-state index is 11.9. The Balaban J connectivity index is 1.49. The van der Waals surface area contributed by atoms with Crippen LogP contribution in [0.5, 0.6) is 5.88 Å². The van der Waals surface area contributed by atoms with Crippen molar-refractivity contribution in [3.63, 3.8) is 0 Å². The average Bonchev–Trinajstić information content (AvgIpc) is 3.35. The molecular weight excluding hydrogens is 300 g/mol. The molecule has 124 valence electrons. The molecule has 2 atom stereocenters. The molecule has 2 unspecified atom stereocenters. The van der Waals surface area contributed by atoms with Gasteiger partial charge in [0.1, 0.15) is 6.10 Å². The lowest BCUT2D eigenvalue weighted by molar-refractivity contribution is -0.140. The van der Waals surface area contributed by atoms with Crippen molar-refractivity contribution in [2.75, 3.05) is 13.2 Å². The number of ether oxygens (including phenoxy) is 2. The molecule has 1 aliphatic heterocycles. The maximum Gasteiger partial charge on any atom is 0.307 e. The summed E-state index contributed by atoms with van der Waals surface area (Å²) in [5.74, 6) is -1.49.